The van der Waals surface area contributed by atoms with Crippen molar-refractivity contribution in [3.63, 3.8) is 0 Å². The lowest BCUT2D eigenvalue weighted by Crippen LogP contribution is -3.00. The molecule has 0 aliphatic rings. The molecule has 4 nitrogen and oxygen atoms in total. The smallest absolute Gasteiger partial charge is 0.119 e. The number of nitrogens with one attached hydrogen (secondary N) is 1. The van der Waals surface area contributed by atoms with Crippen molar-refractivity contribution in [1.29, 1.82) is 0 Å². The van der Waals surface area contributed by atoms with Crippen LogP contribution in [0.4, 0.5) is 0 Å². The highest BCUT2D eigenvalue weighted by molar-refractivity contribution is 5.27. The highest BCUT2D eigenvalue weighted by atomic mass is 35.5. The number of hydrogen-bond donors (Lipinski definition) is 3. The maximum absolute atomic E-state index is 9.11. The standard InChI is InChI=1S/C13H21NO3.ClH/c1-13(2,10-16)14-9-11-3-5-12(6-4-11)17-8-7-15;/h3-6,14-16H,7-10H2,1-2H3;1H/p-1. The fourth-order valence-electron chi connectivity index (χ4n) is 1.26. The summed E-state index contributed by atoms with van der Waals surface area (Å²) >= 11 is 0. The topological polar surface area (TPSA) is 61.7 Å². The third-order valence-electron chi connectivity index (χ3n) is 2.45. The van der Waals surface area contributed by atoms with Crippen LogP contribution in [0.15, 0.2) is 24.3 Å². The molecule has 0 saturated carbocycles. The van der Waals surface area contributed by atoms with Gasteiger partial charge in [0.25, 0.3) is 0 Å². The van der Waals surface area contributed by atoms with Gasteiger partial charge in [0.15, 0.2) is 0 Å². The molecule has 5 heteroatoms. The van der Waals surface area contributed by atoms with Gasteiger partial charge in [0, 0.05) is 12.1 Å². The summed E-state index contributed by atoms with van der Waals surface area (Å²) in [6, 6.07) is 7.68. The zero-order valence-electron chi connectivity index (χ0n) is 10.8. The minimum atomic E-state index is -0.272. The average molecular weight is 275 g/mol. The molecule has 3 N–H and O–H groups in total. The Balaban J connectivity index is 0.00000289. The molecule has 0 radical (unpaired) electrons. The molecule has 1 rings (SSSR count). The van der Waals surface area contributed by atoms with E-state index >= 15 is 0 Å². The monoisotopic (exact) mass is 274 g/mol. The third-order valence-corrected chi connectivity index (χ3v) is 2.45. The normalized spacial score (nSPS) is 10.9. The first-order valence-electron chi connectivity index (χ1n) is 5.76. The summed E-state index contributed by atoms with van der Waals surface area (Å²) in [5.41, 5.74) is 0.856. The van der Waals surface area contributed by atoms with Gasteiger partial charge in [-0.15, -0.1) is 0 Å². The average Bonchev–Trinajstić information content (AvgIpc) is 2.35. The van der Waals surface area contributed by atoms with E-state index in [4.69, 9.17) is 14.9 Å². The van der Waals surface area contributed by atoms with Gasteiger partial charge in [0.05, 0.1) is 13.2 Å². The quantitative estimate of drug-likeness (QED) is 0.534. The zero-order chi connectivity index (χ0) is 12.7. The molecule has 0 atom stereocenters. The van der Waals surface area contributed by atoms with E-state index in [1.54, 1.807) is 0 Å². The summed E-state index contributed by atoms with van der Waals surface area (Å²) in [4.78, 5) is 0. The largest absolute Gasteiger partial charge is 1.00 e. The molecule has 0 aliphatic carbocycles. The van der Waals surface area contributed by atoms with Gasteiger partial charge in [-0.2, -0.15) is 0 Å². The Labute approximate surface area is 114 Å². The van der Waals surface area contributed by atoms with Crippen LogP contribution in [0.25, 0.3) is 0 Å². The zero-order valence-corrected chi connectivity index (χ0v) is 11.6. The van der Waals surface area contributed by atoms with Crippen molar-refractivity contribution in [2.45, 2.75) is 25.9 Å². The van der Waals surface area contributed by atoms with Crippen LogP contribution in [0, 0.1) is 0 Å². The van der Waals surface area contributed by atoms with Crippen molar-refractivity contribution in [3.05, 3.63) is 29.8 Å². The molecule has 104 valence electrons. The first-order valence-corrected chi connectivity index (χ1v) is 5.76. The molecule has 0 fully saturated rings. The lowest BCUT2D eigenvalue weighted by atomic mass is 10.1. The Morgan fingerprint density at radius 2 is 1.78 bits per heavy atom. The second-order valence-electron chi connectivity index (χ2n) is 4.61. The van der Waals surface area contributed by atoms with Crippen LogP contribution in [0.1, 0.15) is 19.4 Å². The summed E-state index contributed by atoms with van der Waals surface area (Å²) in [7, 11) is 0. The van der Waals surface area contributed by atoms with Crippen molar-refractivity contribution in [2.24, 2.45) is 0 Å². The summed E-state index contributed by atoms with van der Waals surface area (Å²) in [6.45, 7) is 5.04. The van der Waals surface area contributed by atoms with E-state index in [0.29, 0.717) is 13.2 Å². The molecule has 1 aromatic rings. The van der Waals surface area contributed by atoms with Crippen LogP contribution >= 0.6 is 0 Å². The minimum absolute atomic E-state index is 0. The fourth-order valence-corrected chi connectivity index (χ4v) is 1.26. The summed E-state index contributed by atoms with van der Waals surface area (Å²) in [5, 5.41) is 21.0. The number of hydrogen-bond acceptors (Lipinski definition) is 4. The van der Waals surface area contributed by atoms with Gasteiger partial charge >= 0.3 is 0 Å². The lowest BCUT2D eigenvalue weighted by molar-refractivity contribution is -0.00000578. The van der Waals surface area contributed by atoms with Gasteiger partial charge in [-0.1, -0.05) is 12.1 Å². The number of aliphatic hydroxyl groups excluding tert-OH is 2. The van der Waals surface area contributed by atoms with Crippen LogP contribution in [-0.2, 0) is 6.54 Å². The van der Waals surface area contributed by atoms with Gasteiger partial charge in [-0.25, -0.2) is 0 Å². The van der Waals surface area contributed by atoms with Crippen molar-refractivity contribution < 1.29 is 27.4 Å². The van der Waals surface area contributed by atoms with Crippen molar-refractivity contribution >= 4 is 0 Å². The molecule has 0 heterocycles. The van der Waals surface area contributed by atoms with Crippen molar-refractivity contribution in [2.75, 3.05) is 19.8 Å². The molecular formula is C13H21ClNO3-. The molecule has 18 heavy (non-hydrogen) atoms. The first-order chi connectivity index (χ1) is 8.07. The Morgan fingerprint density at radius 1 is 1.17 bits per heavy atom. The SMILES string of the molecule is CC(C)(CO)NCc1ccc(OCCO)cc1.[Cl-]. The molecule has 0 unspecified atom stereocenters. The maximum Gasteiger partial charge on any atom is 0.119 e. The Morgan fingerprint density at radius 3 is 2.28 bits per heavy atom. The van der Waals surface area contributed by atoms with Crippen molar-refractivity contribution in [1.82, 2.24) is 5.32 Å². The van der Waals surface area contributed by atoms with Gasteiger partial charge in [0.2, 0.25) is 0 Å². The number of ether oxygens (including phenoxy) is 1. The molecule has 0 bridgehead atoms. The molecule has 0 aliphatic heterocycles. The van der Waals surface area contributed by atoms with Gasteiger partial charge < -0.3 is 32.7 Å². The van der Waals surface area contributed by atoms with Gasteiger partial charge in [0.1, 0.15) is 12.4 Å². The second-order valence-corrected chi connectivity index (χ2v) is 4.61. The summed E-state index contributed by atoms with van der Waals surface area (Å²) in [5.74, 6) is 0.754. The molecule has 0 aromatic heterocycles. The fraction of sp³-hybridized carbons (Fsp3) is 0.538. The summed E-state index contributed by atoms with van der Waals surface area (Å²) < 4.78 is 5.27. The Kier molecular flexibility index (Phi) is 7.95. The number of halogens is 1. The molecular weight excluding hydrogens is 254 g/mol. The van der Waals surface area contributed by atoms with E-state index in [2.05, 4.69) is 5.32 Å². The maximum atomic E-state index is 9.11. The van der Waals surface area contributed by atoms with Crippen LogP contribution in [-0.4, -0.2) is 35.6 Å². The lowest BCUT2D eigenvalue weighted by Gasteiger charge is -2.23. The van der Waals surface area contributed by atoms with Crippen LogP contribution in [0.3, 0.4) is 0 Å². The highest BCUT2D eigenvalue weighted by Crippen LogP contribution is 2.12. The van der Waals surface area contributed by atoms with Crippen LogP contribution in [0.5, 0.6) is 5.75 Å². The second kappa shape index (κ2) is 8.32. The predicted octanol–water partition coefficient (Wildman–Crippen LogP) is -2.08. The highest BCUT2D eigenvalue weighted by Gasteiger charge is 2.14. The van der Waals surface area contributed by atoms with E-state index in [-0.39, 0.29) is 31.2 Å². The molecule has 0 spiro atoms. The number of benzene rings is 1. The van der Waals surface area contributed by atoms with E-state index in [1.807, 2.05) is 38.1 Å². The van der Waals surface area contributed by atoms with Crippen LogP contribution < -0.4 is 22.5 Å². The van der Waals surface area contributed by atoms with E-state index in [1.165, 1.54) is 0 Å². The molecule has 0 saturated heterocycles. The first kappa shape index (κ1) is 17.2. The van der Waals surface area contributed by atoms with E-state index < -0.39 is 0 Å². The molecule has 1 aromatic carbocycles. The summed E-state index contributed by atoms with van der Waals surface area (Å²) in [6.07, 6.45) is 0. The Bertz CT molecular complexity index is 328. The number of rotatable bonds is 7. The molecule has 0 amide bonds. The Hall–Kier alpha value is -0.810. The number of aliphatic hydroxyl groups is 2. The van der Waals surface area contributed by atoms with E-state index in [0.717, 1.165) is 11.3 Å². The van der Waals surface area contributed by atoms with Gasteiger partial charge in [-0.05, 0) is 31.5 Å². The van der Waals surface area contributed by atoms with E-state index in [9.17, 15) is 0 Å². The minimum Gasteiger partial charge on any atom is -1.00 e. The third kappa shape index (κ3) is 6.21. The van der Waals surface area contributed by atoms with Crippen LogP contribution in [0.2, 0.25) is 0 Å². The van der Waals surface area contributed by atoms with Crippen molar-refractivity contribution in [3.8, 4) is 5.75 Å². The predicted molar refractivity (Wildman–Crippen MR) is 67.0 cm³/mol. The van der Waals surface area contributed by atoms with Gasteiger partial charge in [-0.3, -0.25) is 0 Å².